The highest BCUT2D eigenvalue weighted by Crippen LogP contribution is 2.21. The number of carboxylic acid groups (broad SMARTS) is 1. The maximum absolute atomic E-state index is 12.4. The molecule has 1 amide bonds. The van der Waals surface area contributed by atoms with Crippen molar-refractivity contribution in [2.75, 3.05) is 24.5 Å². The molecule has 3 rings (SSSR count). The van der Waals surface area contributed by atoms with Gasteiger partial charge in [0, 0.05) is 48.7 Å². The molecular weight excluding hydrogens is 338 g/mol. The van der Waals surface area contributed by atoms with E-state index in [1.165, 1.54) is 6.07 Å². The fourth-order valence-corrected chi connectivity index (χ4v) is 3.46. The minimum absolute atomic E-state index is 0.00849. The molecule has 0 spiro atoms. The summed E-state index contributed by atoms with van der Waals surface area (Å²) in [6.45, 7) is 3.95. The van der Waals surface area contributed by atoms with Gasteiger partial charge in [-0.25, -0.2) is 9.78 Å². The van der Waals surface area contributed by atoms with Crippen molar-refractivity contribution in [3.63, 3.8) is 0 Å². The number of piperazine rings is 1. The van der Waals surface area contributed by atoms with Gasteiger partial charge in [0.2, 0.25) is 0 Å². The first-order chi connectivity index (χ1) is 12.1. The molecule has 2 aromatic rings. The van der Waals surface area contributed by atoms with Gasteiger partial charge in [-0.3, -0.25) is 4.79 Å². The van der Waals surface area contributed by atoms with Crippen LogP contribution in [0.25, 0.3) is 0 Å². The summed E-state index contributed by atoms with van der Waals surface area (Å²) in [4.78, 5) is 31.8. The van der Waals surface area contributed by atoms with Crippen LogP contribution in [0, 0.1) is 11.8 Å². The second-order valence-corrected chi connectivity index (χ2v) is 6.58. The quantitative estimate of drug-likeness (QED) is 0.834. The van der Waals surface area contributed by atoms with Crippen molar-refractivity contribution in [2.24, 2.45) is 0 Å². The summed E-state index contributed by atoms with van der Waals surface area (Å²) in [5.41, 5.74) is 0.446. The Hall–Kier alpha value is -2.85. The van der Waals surface area contributed by atoms with Gasteiger partial charge in [0.25, 0.3) is 5.91 Å². The SMILES string of the molecule is CC1CN(c2nccs2)CCN1C(=O)C#Cc1ccccc1C(=O)O. The van der Waals surface area contributed by atoms with Crippen molar-refractivity contribution < 1.29 is 14.7 Å². The molecule has 0 bridgehead atoms. The topological polar surface area (TPSA) is 73.7 Å². The van der Waals surface area contributed by atoms with Crippen LogP contribution in [0.2, 0.25) is 0 Å². The third-order valence-corrected chi connectivity index (χ3v) is 4.87. The Balaban J connectivity index is 1.70. The van der Waals surface area contributed by atoms with Gasteiger partial charge < -0.3 is 14.9 Å². The summed E-state index contributed by atoms with van der Waals surface area (Å²) in [6.07, 6.45) is 1.77. The lowest BCUT2D eigenvalue weighted by molar-refractivity contribution is -0.127. The van der Waals surface area contributed by atoms with Gasteiger partial charge in [-0.05, 0) is 19.1 Å². The first-order valence-corrected chi connectivity index (χ1v) is 8.73. The molecule has 1 aliphatic heterocycles. The normalized spacial score (nSPS) is 16.9. The third-order valence-electron chi connectivity index (χ3n) is 4.04. The van der Waals surface area contributed by atoms with Crippen LogP contribution in [-0.4, -0.2) is 52.5 Å². The number of amides is 1. The fraction of sp³-hybridized carbons (Fsp3) is 0.278. The van der Waals surface area contributed by atoms with Crippen molar-refractivity contribution in [1.82, 2.24) is 9.88 Å². The number of hydrogen-bond donors (Lipinski definition) is 1. The zero-order chi connectivity index (χ0) is 17.8. The molecule has 1 fully saturated rings. The number of nitrogens with zero attached hydrogens (tertiary/aromatic N) is 3. The number of benzene rings is 1. The van der Waals surface area contributed by atoms with Crippen molar-refractivity contribution in [2.45, 2.75) is 13.0 Å². The Bertz CT molecular complexity index is 839. The first-order valence-electron chi connectivity index (χ1n) is 7.85. The molecule has 1 aliphatic rings. The van der Waals surface area contributed by atoms with Gasteiger partial charge in [-0.1, -0.05) is 18.1 Å². The van der Waals surface area contributed by atoms with Gasteiger partial charge in [0.05, 0.1) is 5.56 Å². The summed E-state index contributed by atoms with van der Waals surface area (Å²) in [5.74, 6) is 3.95. The number of aromatic nitrogens is 1. The van der Waals surface area contributed by atoms with Crippen molar-refractivity contribution in [3.05, 3.63) is 47.0 Å². The van der Waals surface area contributed by atoms with E-state index in [4.69, 9.17) is 5.11 Å². The molecule has 0 aliphatic carbocycles. The molecule has 25 heavy (non-hydrogen) atoms. The number of hydrogen-bond acceptors (Lipinski definition) is 5. The standard InChI is InChI=1S/C18H17N3O3S/c1-13-12-20(18-19-8-11-25-18)9-10-21(13)16(22)7-6-14-4-2-3-5-15(14)17(23)24/h2-5,8,11,13H,9-10,12H2,1H3,(H,23,24). The highest BCUT2D eigenvalue weighted by molar-refractivity contribution is 7.13. The lowest BCUT2D eigenvalue weighted by Gasteiger charge is -2.38. The number of carbonyl (C=O) groups excluding carboxylic acids is 1. The zero-order valence-electron chi connectivity index (χ0n) is 13.7. The molecule has 2 heterocycles. The van der Waals surface area contributed by atoms with Gasteiger partial charge in [0.1, 0.15) is 0 Å². The van der Waals surface area contributed by atoms with Crippen LogP contribution < -0.4 is 4.90 Å². The predicted molar refractivity (Wildman–Crippen MR) is 95.8 cm³/mol. The molecule has 1 unspecified atom stereocenters. The Labute approximate surface area is 149 Å². The molecular formula is C18H17N3O3S. The van der Waals surface area contributed by atoms with Gasteiger partial charge >= 0.3 is 5.97 Å². The van der Waals surface area contributed by atoms with Crippen LogP contribution in [0.3, 0.4) is 0 Å². The lowest BCUT2D eigenvalue weighted by Crippen LogP contribution is -2.53. The van der Waals surface area contributed by atoms with E-state index >= 15 is 0 Å². The fourth-order valence-electron chi connectivity index (χ4n) is 2.78. The van der Waals surface area contributed by atoms with E-state index in [9.17, 15) is 9.59 Å². The Morgan fingerprint density at radius 3 is 2.80 bits per heavy atom. The second kappa shape index (κ2) is 7.36. The van der Waals surface area contributed by atoms with Gasteiger partial charge in [0.15, 0.2) is 5.13 Å². The largest absolute Gasteiger partial charge is 0.478 e. The molecule has 128 valence electrons. The molecule has 0 saturated carbocycles. The van der Waals surface area contributed by atoms with Crippen LogP contribution >= 0.6 is 11.3 Å². The summed E-state index contributed by atoms with van der Waals surface area (Å²) < 4.78 is 0. The summed E-state index contributed by atoms with van der Waals surface area (Å²) >= 11 is 1.58. The number of aromatic carboxylic acids is 1. The summed E-state index contributed by atoms with van der Waals surface area (Å²) in [5, 5.41) is 12.1. The molecule has 6 nitrogen and oxygen atoms in total. The summed E-state index contributed by atoms with van der Waals surface area (Å²) in [6, 6.07) is 6.43. The number of anilines is 1. The number of carbonyl (C=O) groups is 2. The molecule has 7 heteroatoms. The van der Waals surface area contributed by atoms with E-state index in [0.29, 0.717) is 25.2 Å². The second-order valence-electron chi connectivity index (χ2n) is 5.71. The van der Waals surface area contributed by atoms with Crippen LogP contribution in [0.15, 0.2) is 35.8 Å². The number of rotatable bonds is 2. The molecule has 1 aromatic carbocycles. The van der Waals surface area contributed by atoms with E-state index in [1.807, 2.05) is 12.3 Å². The van der Waals surface area contributed by atoms with Crippen LogP contribution in [0.4, 0.5) is 5.13 Å². The minimum Gasteiger partial charge on any atom is -0.478 e. The minimum atomic E-state index is -1.05. The van der Waals surface area contributed by atoms with Crippen LogP contribution in [0.5, 0.6) is 0 Å². The highest BCUT2D eigenvalue weighted by Gasteiger charge is 2.27. The number of thiazole rings is 1. The van der Waals surface area contributed by atoms with Crippen molar-refractivity contribution >= 4 is 28.3 Å². The Morgan fingerprint density at radius 2 is 2.12 bits per heavy atom. The van der Waals surface area contributed by atoms with Crippen LogP contribution in [0.1, 0.15) is 22.8 Å². The average molecular weight is 355 g/mol. The van der Waals surface area contributed by atoms with Gasteiger partial charge in [-0.15, -0.1) is 11.3 Å². The monoisotopic (exact) mass is 355 g/mol. The smallest absolute Gasteiger partial charge is 0.336 e. The molecule has 0 radical (unpaired) electrons. The first kappa shape index (κ1) is 17.0. The van der Waals surface area contributed by atoms with E-state index in [1.54, 1.807) is 40.6 Å². The summed E-state index contributed by atoms with van der Waals surface area (Å²) in [7, 11) is 0. The average Bonchev–Trinajstić information content (AvgIpc) is 3.14. The number of carboxylic acids is 1. The molecule has 1 N–H and O–H groups in total. The molecule has 1 saturated heterocycles. The Morgan fingerprint density at radius 1 is 1.32 bits per heavy atom. The van der Waals surface area contributed by atoms with E-state index in [2.05, 4.69) is 21.7 Å². The van der Waals surface area contributed by atoms with E-state index < -0.39 is 5.97 Å². The van der Waals surface area contributed by atoms with Gasteiger partial charge in [-0.2, -0.15) is 0 Å². The highest BCUT2D eigenvalue weighted by atomic mass is 32.1. The van der Waals surface area contributed by atoms with Crippen LogP contribution in [-0.2, 0) is 4.79 Å². The third kappa shape index (κ3) is 3.80. The molecule has 1 aromatic heterocycles. The zero-order valence-corrected chi connectivity index (χ0v) is 14.5. The maximum atomic E-state index is 12.4. The predicted octanol–water partition coefficient (Wildman–Crippen LogP) is 1.93. The van der Waals surface area contributed by atoms with E-state index in [-0.39, 0.29) is 17.5 Å². The Kier molecular flexibility index (Phi) is 5.00. The van der Waals surface area contributed by atoms with Crippen molar-refractivity contribution in [3.8, 4) is 11.8 Å². The van der Waals surface area contributed by atoms with E-state index in [0.717, 1.165) is 5.13 Å². The lowest BCUT2D eigenvalue weighted by atomic mass is 10.1. The molecule has 1 atom stereocenters. The maximum Gasteiger partial charge on any atom is 0.336 e. The van der Waals surface area contributed by atoms with Crippen molar-refractivity contribution in [1.29, 1.82) is 0 Å².